The molecule has 0 saturated carbocycles. The van der Waals surface area contributed by atoms with E-state index in [4.69, 9.17) is 0 Å². The van der Waals surface area contributed by atoms with Crippen LogP contribution in [0.4, 0.5) is 0 Å². The Morgan fingerprint density at radius 1 is 1.11 bits per heavy atom. The highest BCUT2D eigenvalue weighted by Crippen LogP contribution is 2.23. The zero-order valence-electron chi connectivity index (χ0n) is 15.7. The van der Waals surface area contributed by atoms with Crippen LogP contribution in [0.2, 0.25) is 0 Å². The number of carbonyl (C=O) groups excluding carboxylic acids is 2. The van der Waals surface area contributed by atoms with Crippen LogP contribution in [0, 0.1) is 6.92 Å². The lowest BCUT2D eigenvalue weighted by Crippen LogP contribution is -2.32. The van der Waals surface area contributed by atoms with Gasteiger partial charge in [0.05, 0.1) is 12.5 Å². The SMILES string of the molecule is CNC(=O)C[C@@H](NC(=O)c1ccc(C2CNNC2)c(C)c1)c1ccccc1. The van der Waals surface area contributed by atoms with Crippen LogP contribution in [-0.2, 0) is 4.79 Å². The smallest absolute Gasteiger partial charge is 0.251 e. The standard InChI is InChI=1S/C21H26N4O2/c1-14-10-16(8-9-18(14)17-12-23-24-13-17)21(27)25-19(11-20(26)22-2)15-6-4-3-5-7-15/h3-10,17,19,23-24H,11-13H2,1-2H3,(H,22,26)(H,25,27)/t19-/m1/s1. The summed E-state index contributed by atoms with van der Waals surface area (Å²) < 4.78 is 0. The van der Waals surface area contributed by atoms with Crippen molar-refractivity contribution in [2.75, 3.05) is 20.1 Å². The van der Waals surface area contributed by atoms with Crippen LogP contribution in [0.5, 0.6) is 0 Å². The van der Waals surface area contributed by atoms with Gasteiger partial charge in [-0.1, -0.05) is 36.4 Å². The zero-order valence-corrected chi connectivity index (χ0v) is 15.7. The van der Waals surface area contributed by atoms with Gasteiger partial charge in [-0.3, -0.25) is 20.4 Å². The van der Waals surface area contributed by atoms with Crippen molar-refractivity contribution in [3.63, 3.8) is 0 Å². The molecule has 4 N–H and O–H groups in total. The molecule has 27 heavy (non-hydrogen) atoms. The number of hydrazine groups is 1. The van der Waals surface area contributed by atoms with E-state index in [9.17, 15) is 9.59 Å². The summed E-state index contributed by atoms with van der Waals surface area (Å²) in [5.41, 5.74) is 10.1. The summed E-state index contributed by atoms with van der Waals surface area (Å²) in [6.07, 6.45) is 0.197. The van der Waals surface area contributed by atoms with Gasteiger partial charge in [0.1, 0.15) is 0 Å². The van der Waals surface area contributed by atoms with E-state index in [2.05, 4.69) is 21.5 Å². The van der Waals surface area contributed by atoms with Crippen LogP contribution >= 0.6 is 0 Å². The van der Waals surface area contributed by atoms with Gasteiger partial charge in [0.25, 0.3) is 5.91 Å². The summed E-state index contributed by atoms with van der Waals surface area (Å²) in [6, 6.07) is 15.0. The van der Waals surface area contributed by atoms with Crippen molar-refractivity contribution in [2.45, 2.75) is 25.3 Å². The van der Waals surface area contributed by atoms with E-state index < -0.39 is 0 Å². The quantitative estimate of drug-likeness (QED) is 0.628. The third kappa shape index (κ3) is 4.72. The first-order chi connectivity index (χ1) is 13.1. The Kier molecular flexibility index (Phi) is 6.21. The van der Waals surface area contributed by atoms with E-state index in [0.29, 0.717) is 11.5 Å². The van der Waals surface area contributed by atoms with Crippen LogP contribution in [0.1, 0.15) is 45.4 Å². The number of carbonyl (C=O) groups is 2. The monoisotopic (exact) mass is 366 g/mol. The Morgan fingerprint density at radius 2 is 1.81 bits per heavy atom. The lowest BCUT2D eigenvalue weighted by Gasteiger charge is -2.19. The molecule has 6 heteroatoms. The van der Waals surface area contributed by atoms with Gasteiger partial charge >= 0.3 is 0 Å². The van der Waals surface area contributed by atoms with E-state index in [0.717, 1.165) is 24.2 Å². The second-order valence-electron chi connectivity index (χ2n) is 6.84. The Morgan fingerprint density at radius 3 is 2.44 bits per heavy atom. The van der Waals surface area contributed by atoms with Crippen molar-refractivity contribution in [1.82, 2.24) is 21.5 Å². The highest BCUT2D eigenvalue weighted by atomic mass is 16.2. The largest absolute Gasteiger partial charge is 0.359 e. The van der Waals surface area contributed by atoms with Crippen LogP contribution < -0.4 is 21.5 Å². The van der Waals surface area contributed by atoms with Gasteiger partial charge in [0, 0.05) is 31.6 Å². The van der Waals surface area contributed by atoms with E-state index >= 15 is 0 Å². The first-order valence-electron chi connectivity index (χ1n) is 9.21. The first kappa shape index (κ1) is 19.1. The molecule has 1 atom stereocenters. The fourth-order valence-corrected chi connectivity index (χ4v) is 3.42. The number of amides is 2. The van der Waals surface area contributed by atoms with Crippen molar-refractivity contribution >= 4 is 11.8 Å². The van der Waals surface area contributed by atoms with Crippen molar-refractivity contribution in [2.24, 2.45) is 0 Å². The summed E-state index contributed by atoms with van der Waals surface area (Å²) >= 11 is 0. The van der Waals surface area contributed by atoms with Crippen molar-refractivity contribution in [3.8, 4) is 0 Å². The summed E-state index contributed by atoms with van der Waals surface area (Å²) in [6.45, 7) is 3.80. The lowest BCUT2D eigenvalue weighted by molar-refractivity contribution is -0.121. The molecule has 3 rings (SSSR count). The maximum atomic E-state index is 12.8. The van der Waals surface area contributed by atoms with Gasteiger partial charge in [0.2, 0.25) is 5.91 Å². The van der Waals surface area contributed by atoms with Crippen molar-refractivity contribution in [1.29, 1.82) is 0 Å². The number of nitrogens with one attached hydrogen (secondary N) is 4. The highest BCUT2D eigenvalue weighted by Gasteiger charge is 2.21. The maximum absolute atomic E-state index is 12.8. The van der Waals surface area contributed by atoms with Gasteiger partial charge in [-0.2, -0.15) is 0 Å². The fraction of sp³-hybridized carbons (Fsp3) is 0.333. The number of benzene rings is 2. The number of hydrogen-bond acceptors (Lipinski definition) is 4. The molecule has 2 aromatic carbocycles. The maximum Gasteiger partial charge on any atom is 0.251 e. The second kappa shape index (κ2) is 8.79. The Labute approximate surface area is 159 Å². The third-order valence-electron chi connectivity index (χ3n) is 4.97. The Hall–Kier alpha value is -2.70. The van der Waals surface area contributed by atoms with Crippen molar-refractivity contribution < 1.29 is 9.59 Å². The molecule has 0 bridgehead atoms. The molecule has 0 radical (unpaired) electrons. The van der Waals surface area contributed by atoms with Crippen molar-refractivity contribution in [3.05, 3.63) is 70.8 Å². The molecule has 1 fully saturated rings. The molecule has 2 aromatic rings. The van der Waals surface area contributed by atoms with E-state index in [-0.39, 0.29) is 24.3 Å². The molecule has 0 aromatic heterocycles. The van der Waals surface area contributed by atoms with Crippen LogP contribution in [0.25, 0.3) is 0 Å². The predicted molar refractivity (Wildman–Crippen MR) is 105 cm³/mol. The summed E-state index contributed by atoms with van der Waals surface area (Å²) in [5, 5.41) is 5.63. The van der Waals surface area contributed by atoms with E-state index in [1.807, 2.05) is 55.5 Å². The Balaban J connectivity index is 1.76. The average molecular weight is 366 g/mol. The molecule has 1 aliphatic heterocycles. The molecule has 142 valence electrons. The molecule has 0 aliphatic carbocycles. The molecule has 1 aliphatic rings. The van der Waals surface area contributed by atoms with E-state index in [1.165, 1.54) is 5.56 Å². The fourth-order valence-electron chi connectivity index (χ4n) is 3.42. The average Bonchev–Trinajstić information content (AvgIpc) is 3.22. The minimum Gasteiger partial charge on any atom is -0.359 e. The molecule has 0 unspecified atom stereocenters. The first-order valence-corrected chi connectivity index (χ1v) is 9.21. The Bertz CT molecular complexity index is 801. The van der Waals surface area contributed by atoms with Gasteiger partial charge in [-0.25, -0.2) is 0 Å². The summed E-state index contributed by atoms with van der Waals surface area (Å²) in [4.78, 5) is 24.7. The van der Waals surface area contributed by atoms with Gasteiger partial charge in [-0.15, -0.1) is 0 Å². The summed E-state index contributed by atoms with van der Waals surface area (Å²) in [5.74, 6) is 0.120. The summed E-state index contributed by atoms with van der Waals surface area (Å²) in [7, 11) is 1.60. The minimum absolute atomic E-state index is 0.114. The second-order valence-corrected chi connectivity index (χ2v) is 6.84. The number of hydrogen-bond donors (Lipinski definition) is 4. The normalized spacial score (nSPS) is 15.3. The van der Waals surface area contributed by atoms with Gasteiger partial charge < -0.3 is 10.6 Å². The zero-order chi connectivity index (χ0) is 19.2. The molecule has 1 heterocycles. The molecule has 1 saturated heterocycles. The number of aryl methyl sites for hydroxylation is 1. The van der Waals surface area contributed by atoms with E-state index in [1.54, 1.807) is 7.05 Å². The van der Waals surface area contributed by atoms with Crippen LogP contribution in [-0.4, -0.2) is 32.0 Å². The van der Waals surface area contributed by atoms with Gasteiger partial charge in [-0.05, 0) is 35.7 Å². The molecular formula is C21H26N4O2. The number of rotatable bonds is 6. The topological polar surface area (TPSA) is 82.3 Å². The predicted octanol–water partition coefficient (Wildman–Crippen LogP) is 1.79. The van der Waals surface area contributed by atoms with Gasteiger partial charge in [0.15, 0.2) is 0 Å². The molecule has 6 nitrogen and oxygen atoms in total. The molecule has 0 spiro atoms. The highest BCUT2D eigenvalue weighted by molar-refractivity contribution is 5.95. The van der Waals surface area contributed by atoms with Crippen LogP contribution in [0.15, 0.2) is 48.5 Å². The molecule has 2 amide bonds. The van der Waals surface area contributed by atoms with Crippen LogP contribution in [0.3, 0.4) is 0 Å². The third-order valence-corrected chi connectivity index (χ3v) is 4.97. The lowest BCUT2D eigenvalue weighted by atomic mass is 9.93. The molecular weight excluding hydrogens is 340 g/mol. The minimum atomic E-state index is -0.373.